The van der Waals surface area contributed by atoms with Crippen LogP contribution < -0.4 is 5.32 Å². The molecule has 2 rings (SSSR count). The van der Waals surface area contributed by atoms with Crippen molar-refractivity contribution < 1.29 is 19.1 Å². The molecule has 0 atom stereocenters. The molecule has 0 saturated heterocycles. The van der Waals surface area contributed by atoms with Gasteiger partial charge in [-0.25, -0.2) is 4.79 Å². The topological polar surface area (TPSA) is 71.7 Å². The molecule has 0 aliphatic carbocycles. The molecule has 5 heteroatoms. The third-order valence-electron chi connectivity index (χ3n) is 3.18. The normalized spacial score (nSPS) is 10.8. The van der Waals surface area contributed by atoms with E-state index < -0.39 is 5.97 Å². The lowest BCUT2D eigenvalue weighted by Crippen LogP contribution is -2.13. The van der Waals surface area contributed by atoms with E-state index in [0.29, 0.717) is 25.5 Å². The Kier molecular flexibility index (Phi) is 5.14. The molecule has 0 saturated carbocycles. The molecule has 21 heavy (non-hydrogen) atoms. The largest absolute Gasteiger partial charge is 0.475 e. The zero-order chi connectivity index (χ0) is 15.2. The summed E-state index contributed by atoms with van der Waals surface area (Å²) in [6.07, 6.45) is 0. The van der Waals surface area contributed by atoms with Crippen molar-refractivity contribution in [2.24, 2.45) is 0 Å². The highest BCUT2D eigenvalue weighted by Crippen LogP contribution is 2.15. The molecule has 5 nitrogen and oxygen atoms in total. The van der Waals surface area contributed by atoms with Crippen LogP contribution in [0.5, 0.6) is 0 Å². The van der Waals surface area contributed by atoms with Gasteiger partial charge in [0.15, 0.2) is 0 Å². The molecule has 0 bridgehead atoms. The highest BCUT2D eigenvalue weighted by molar-refractivity contribution is 5.84. The van der Waals surface area contributed by atoms with Crippen molar-refractivity contribution in [2.45, 2.75) is 26.6 Å². The summed E-state index contributed by atoms with van der Waals surface area (Å²) in [5.74, 6) is -0.434. The third-order valence-corrected chi connectivity index (χ3v) is 3.18. The van der Waals surface area contributed by atoms with E-state index in [4.69, 9.17) is 14.3 Å². The first-order valence-electron chi connectivity index (χ1n) is 6.70. The molecule has 2 aromatic rings. The summed E-state index contributed by atoms with van der Waals surface area (Å²) >= 11 is 0. The standard InChI is InChI=1S/C16H19NO4/c1-11-14(7-15(21-11)16(18)19)9-17-8-12-4-3-5-13(6-12)10-20-2/h3-7,17H,8-10H2,1-2H3,(H,18,19). The van der Waals surface area contributed by atoms with Gasteiger partial charge in [-0.2, -0.15) is 0 Å². The van der Waals surface area contributed by atoms with E-state index >= 15 is 0 Å². The zero-order valence-corrected chi connectivity index (χ0v) is 12.2. The number of furan rings is 1. The molecule has 0 radical (unpaired) electrons. The lowest BCUT2D eigenvalue weighted by Gasteiger charge is -2.06. The summed E-state index contributed by atoms with van der Waals surface area (Å²) in [4.78, 5) is 10.8. The van der Waals surface area contributed by atoms with Gasteiger partial charge in [0, 0.05) is 25.8 Å². The molecule has 0 aliphatic rings. The number of ether oxygens (including phenoxy) is 1. The van der Waals surface area contributed by atoms with Crippen molar-refractivity contribution in [1.29, 1.82) is 0 Å². The van der Waals surface area contributed by atoms with Gasteiger partial charge < -0.3 is 19.6 Å². The molecule has 0 fully saturated rings. The minimum Gasteiger partial charge on any atom is -0.475 e. The highest BCUT2D eigenvalue weighted by Gasteiger charge is 2.12. The Morgan fingerprint density at radius 1 is 1.29 bits per heavy atom. The van der Waals surface area contributed by atoms with Crippen LogP contribution in [0.1, 0.15) is 33.0 Å². The summed E-state index contributed by atoms with van der Waals surface area (Å²) in [6.45, 7) is 3.63. The number of aromatic carboxylic acids is 1. The number of methoxy groups -OCH3 is 1. The smallest absolute Gasteiger partial charge is 0.371 e. The highest BCUT2D eigenvalue weighted by atomic mass is 16.5. The number of hydrogen-bond acceptors (Lipinski definition) is 4. The minimum atomic E-state index is -1.04. The first-order chi connectivity index (χ1) is 10.1. The van der Waals surface area contributed by atoms with Crippen LogP contribution in [-0.4, -0.2) is 18.2 Å². The molecule has 112 valence electrons. The number of hydrogen-bond donors (Lipinski definition) is 2. The average Bonchev–Trinajstić information content (AvgIpc) is 2.82. The Bertz CT molecular complexity index is 618. The van der Waals surface area contributed by atoms with Gasteiger partial charge in [-0.3, -0.25) is 0 Å². The number of rotatable bonds is 7. The van der Waals surface area contributed by atoms with Gasteiger partial charge in [0.05, 0.1) is 6.61 Å². The van der Waals surface area contributed by atoms with Crippen molar-refractivity contribution >= 4 is 5.97 Å². The lowest BCUT2D eigenvalue weighted by molar-refractivity contribution is 0.0661. The molecular weight excluding hydrogens is 270 g/mol. The number of benzene rings is 1. The Labute approximate surface area is 123 Å². The Morgan fingerprint density at radius 2 is 2.05 bits per heavy atom. The van der Waals surface area contributed by atoms with Crippen LogP contribution in [0.2, 0.25) is 0 Å². The predicted molar refractivity (Wildman–Crippen MR) is 78.1 cm³/mol. The van der Waals surface area contributed by atoms with Gasteiger partial charge in [0.25, 0.3) is 0 Å². The molecular formula is C16H19NO4. The SMILES string of the molecule is COCc1cccc(CNCc2cc(C(=O)O)oc2C)c1. The molecule has 0 spiro atoms. The van der Waals surface area contributed by atoms with E-state index in [1.165, 1.54) is 0 Å². The monoisotopic (exact) mass is 289 g/mol. The van der Waals surface area contributed by atoms with Gasteiger partial charge in [-0.15, -0.1) is 0 Å². The minimum absolute atomic E-state index is 0.0219. The molecule has 0 aliphatic heterocycles. The van der Waals surface area contributed by atoms with Gasteiger partial charge in [0.1, 0.15) is 5.76 Å². The Balaban J connectivity index is 1.92. The van der Waals surface area contributed by atoms with Crippen LogP contribution in [0.3, 0.4) is 0 Å². The molecule has 1 aromatic heterocycles. The van der Waals surface area contributed by atoms with Crippen LogP contribution in [0.15, 0.2) is 34.7 Å². The van der Waals surface area contributed by atoms with E-state index in [0.717, 1.165) is 16.7 Å². The fourth-order valence-electron chi connectivity index (χ4n) is 2.14. The summed E-state index contributed by atoms with van der Waals surface area (Å²) in [6, 6.07) is 9.70. The van der Waals surface area contributed by atoms with Crippen molar-refractivity contribution in [3.05, 3.63) is 58.5 Å². The molecule has 1 aromatic carbocycles. The quantitative estimate of drug-likeness (QED) is 0.820. The maximum atomic E-state index is 10.8. The van der Waals surface area contributed by atoms with E-state index in [1.54, 1.807) is 20.1 Å². The number of carbonyl (C=O) groups is 1. The molecule has 0 amide bonds. The third kappa shape index (κ3) is 4.18. The van der Waals surface area contributed by atoms with E-state index in [2.05, 4.69) is 11.4 Å². The second kappa shape index (κ2) is 7.06. The first-order valence-corrected chi connectivity index (χ1v) is 6.70. The Morgan fingerprint density at radius 3 is 2.71 bits per heavy atom. The second-order valence-electron chi connectivity index (χ2n) is 4.85. The molecule has 2 N–H and O–H groups in total. The summed E-state index contributed by atoms with van der Waals surface area (Å²) in [5.41, 5.74) is 3.15. The summed E-state index contributed by atoms with van der Waals surface area (Å²) < 4.78 is 10.3. The Hall–Kier alpha value is -2.11. The number of nitrogens with one attached hydrogen (secondary N) is 1. The van der Waals surface area contributed by atoms with Crippen LogP contribution in [0.4, 0.5) is 0 Å². The van der Waals surface area contributed by atoms with Gasteiger partial charge in [0.2, 0.25) is 5.76 Å². The van der Waals surface area contributed by atoms with Crippen molar-refractivity contribution in [3.63, 3.8) is 0 Å². The zero-order valence-electron chi connectivity index (χ0n) is 12.2. The van der Waals surface area contributed by atoms with Crippen molar-refractivity contribution in [3.8, 4) is 0 Å². The number of aryl methyl sites for hydroxylation is 1. The molecule has 0 unspecified atom stereocenters. The van der Waals surface area contributed by atoms with Crippen LogP contribution >= 0.6 is 0 Å². The van der Waals surface area contributed by atoms with Crippen LogP contribution in [0, 0.1) is 6.92 Å². The van der Waals surface area contributed by atoms with Crippen LogP contribution in [-0.2, 0) is 24.4 Å². The van der Waals surface area contributed by atoms with E-state index in [-0.39, 0.29) is 5.76 Å². The summed E-state index contributed by atoms with van der Waals surface area (Å²) in [7, 11) is 1.67. The van der Waals surface area contributed by atoms with Crippen molar-refractivity contribution in [1.82, 2.24) is 5.32 Å². The van der Waals surface area contributed by atoms with Gasteiger partial charge >= 0.3 is 5.97 Å². The van der Waals surface area contributed by atoms with E-state index in [9.17, 15) is 4.79 Å². The van der Waals surface area contributed by atoms with Gasteiger partial charge in [-0.1, -0.05) is 24.3 Å². The fraction of sp³-hybridized carbons (Fsp3) is 0.312. The van der Waals surface area contributed by atoms with E-state index in [1.807, 2.05) is 18.2 Å². The average molecular weight is 289 g/mol. The summed E-state index contributed by atoms with van der Waals surface area (Å²) in [5, 5.41) is 12.2. The van der Waals surface area contributed by atoms with Crippen molar-refractivity contribution in [2.75, 3.05) is 7.11 Å². The molecule has 1 heterocycles. The van der Waals surface area contributed by atoms with Gasteiger partial charge in [-0.05, 0) is 24.1 Å². The number of carboxylic acid groups (broad SMARTS) is 1. The second-order valence-corrected chi connectivity index (χ2v) is 4.85. The maximum absolute atomic E-state index is 10.8. The first kappa shape index (κ1) is 15.3. The fourth-order valence-corrected chi connectivity index (χ4v) is 2.14. The van der Waals surface area contributed by atoms with Crippen LogP contribution in [0.25, 0.3) is 0 Å². The number of carboxylic acids is 1. The maximum Gasteiger partial charge on any atom is 0.371 e. The predicted octanol–water partition coefficient (Wildman–Crippen LogP) is 2.72. The lowest BCUT2D eigenvalue weighted by atomic mass is 10.1.